The molecule has 2 nitrogen and oxygen atoms in total. The molecular formula is C21H21NO. The quantitative estimate of drug-likeness (QED) is 0.680. The molecule has 2 heteroatoms. The fourth-order valence-corrected chi connectivity index (χ4v) is 3.33. The predicted octanol–water partition coefficient (Wildman–Crippen LogP) is 4.82. The Bertz CT molecular complexity index is 877. The van der Waals surface area contributed by atoms with E-state index in [1.54, 1.807) is 0 Å². The van der Waals surface area contributed by atoms with Crippen molar-refractivity contribution in [2.75, 3.05) is 0 Å². The zero-order chi connectivity index (χ0) is 16.4. The van der Waals surface area contributed by atoms with Crippen LogP contribution in [0.5, 0.6) is 0 Å². The molecule has 1 heterocycles. The number of hydrogen-bond donors (Lipinski definition) is 0. The lowest BCUT2D eigenvalue weighted by Crippen LogP contribution is -2.25. The fraction of sp³-hybridized carbons (Fsp3) is 0.190. The van der Waals surface area contributed by atoms with Gasteiger partial charge in [-0.3, -0.25) is 4.79 Å². The van der Waals surface area contributed by atoms with Crippen molar-refractivity contribution < 1.29 is 0 Å². The normalized spacial score (nSPS) is 10.7. The van der Waals surface area contributed by atoms with E-state index < -0.39 is 0 Å². The van der Waals surface area contributed by atoms with Gasteiger partial charge in [-0.2, -0.15) is 0 Å². The zero-order valence-corrected chi connectivity index (χ0v) is 13.8. The van der Waals surface area contributed by atoms with E-state index in [0.29, 0.717) is 6.54 Å². The van der Waals surface area contributed by atoms with Gasteiger partial charge in [0.15, 0.2) is 0 Å². The van der Waals surface area contributed by atoms with E-state index in [9.17, 15) is 4.79 Å². The molecule has 0 saturated heterocycles. The van der Waals surface area contributed by atoms with Gasteiger partial charge >= 0.3 is 0 Å². The predicted molar refractivity (Wildman–Crippen MR) is 96.7 cm³/mol. The van der Waals surface area contributed by atoms with E-state index >= 15 is 0 Å². The van der Waals surface area contributed by atoms with Crippen LogP contribution in [-0.2, 0) is 6.54 Å². The summed E-state index contributed by atoms with van der Waals surface area (Å²) in [5, 5.41) is 0. The van der Waals surface area contributed by atoms with E-state index in [4.69, 9.17) is 0 Å². The lowest BCUT2D eigenvalue weighted by Gasteiger charge is -2.19. The second kappa shape index (κ2) is 6.25. The third-order valence-corrected chi connectivity index (χ3v) is 4.42. The minimum absolute atomic E-state index is 0.0911. The number of nitrogens with zero attached hydrogens (tertiary/aromatic N) is 1. The van der Waals surface area contributed by atoms with Crippen molar-refractivity contribution in [2.24, 2.45) is 0 Å². The molecule has 1 aromatic heterocycles. The minimum atomic E-state index is 0.0911. The summed E-state index contributed by atoms with van der Waals surface area (Å²) in [5.41, 5.74) is 6.27. The maximum absolute atomic E-state index is 13.0. The molecular weight excluding hydrogens is 282 g/mol. The molecule has 116 valence electrons. The van der Waals surface area contributed by atoms with Crippen LogP contribution in [0, 0.1) is 13.8 Å². The molecule has 0 spiro atoms. The third kappa shape index (κ3) is 2.61. The van der Waals surface area contributed by atoms with Crippen LogP contribution in [0.2, 0.25) is 0 Å². The standard InChI is InChI=1S/C21H21NO/c1-4-22-16(3)19(17-11-7-5-8-12-17)15(2)20(21(22)23)18-13-9-6-10-14-18/h5-14H,4H2,1-3H3. The Kier molecular flexibility index (Phi) is 4.16. The van der Waals surface area contributed by atoms with Crippen LogP contribution in [0.3, 0.4) is 0 Å². The van der Waals surface area contributed by atoms with Crippen LogP contribution in [-0.4, -0.2) is 4.57 Å². The summed E-state index contributed by atoms with van der Waals surface area (Å²) >= 11 is 0. The van der Waals surface area contributed by atoms with Gasteiger partial charge in [-0.15, -0.1) is 0 Å². The SMILES string of the molecule is CCn1c(C)c(-c2ccccc2)c(C)c(-c2ccccc2)c1=O. The summed E-state index contributed by atoms with van der Waals surface area (Å²) < 4.78 is 1.87. The van der Waals surface area contributed by atoms with Gasteiger partial charge in [0.1, 0.15) is 0 Å². The molecule has 0 N–H and O–H groups in total. The number of benzene rings is 2. The highest BCUT2D eigenvalue weighted by Gasteiger charge is 2.18. The fourth-order valence-electron chi connectivity index (χ4n) is 3.33. The molecule has 0 unspecified atom stereocenters. The molecule has 0 saturated carbocycles. The van der Waals surface area contributed by atoms with Crippen molar-refractivity contribution in [1.82, 2.24) is 4.57 Å². The monoisotopic (exact) mass is 303 g/mol. The second-order valence-electron chi connectivity index (χ2n) is 5.74. The Hall–Kier alpha value is -2.61. The van der Waals surface area contributed by atoms with E-state index in [1.165, 1.54) is 0 Å². The second-order valence-corrected chi connectivity index (χ2v) is 5.74. The molecule has 0 fully saturated rings. The minimum Gasteiger partial charge on any atom is -0.312 e. The molecule has 3 rings (SSSR count). The van der Waals surface area contributed by atoms with Crippen LogP contribution < -0.4 is 5.56 Å². The molecule has 23 heavy (non-hydrogen) atoms. The Balaban J connectivity index is 2.41. The van der Waals surface area contributed by atoms with E-state index in [0.717, 1.165) is 33.5 Å². The molecule has 0 aliphatic rings. The highest BCUT2D eigenvalue weighted by atomic mass is 16.1. The molecule has 0 aliphatic heterocycles. The van der Waals surface area contributed by atoms with E-state index in [1.807, 2.05) is 66.9 Å². The molecule has 3 aromatic rings. The van der Waals surface area contributed by atoms with Crippen LogP contribution in [0.15, 0.2) is 65.5 Å². The largest absolute Gasteiger partial charge is 0.312 e. The number of pyridine rings is 1. The topological polar surface area (TPSA) is 22.0 Å². The highest BCUT2D eigenvalue weighted by molar-refractivity contribution is 5.79. The van der Waals surface area contributed by atoms with E-state index in [2.05, 4.69) is 19.1 Å². The van der Waals surface area contributed by atoms with Crippen molar-refractivity contribution in [3.05, 3.63) is 82.3 Å². The first-order chi connectivity index (χ1) is 11.1. The summed E-state index contributed by atoms with van der Waals surface area (Å²) in [7, 11) is 0. The Labute approximate surface area is 137 Å². The van der Waals surface area contributed by atoms with Gasteiger partial charge in [0.25, 0.3) is 5.56 Å². The third-order valence-electron chi connectivity index (χ3n) is 4.42. The number of aromatic nitrogens is 1. The van der Waals surface area contributed by atoms with Gasteiger partial charge in [-0.25, -0.2) is 0 Å². The first-order valence-electron chi connectivity index (χ1n) is 8.00. The summed E-state index contributed by atoms with van der Waals surface area (Å²) in [4.78, 5) is 13.0. The smallest absolute Gasteiger partial charge is 0.258 e. The van der Waals surface area contributed by atoms with Gasteiger partial charge < -0.3 is 4.57 Å². The van der Waals surface area contributed by atoms with Gasteiger partial charge in [-0.1, -0.05) is 60.7 Å². The summed E-state index contributed by atoms with van der Waals surface area (Å²) in [6, 6.07) is 20.3. The van der Waals surface area contributed by atoms with Crippen LogP contribution >= 0.6 is 0 Å². The van der Waals surface area contributed by atoms with Gasteiger partial charge in [0.2, 0.25) is 0 Å². The molecule has 0 bridgehead atoms. The Morgan fingerprint density at radius 2 is 1.26 bits per heavy atom. The lowest BCUT2D eigenvalue weighted by atomic mass is 9.92. The van der Waals surface area contributed by atoms with Crippen molar-refractivity contribution in [3.63, 3.8) is 0 Å². The summed E-state index contributed by atoms with van der Waals surface area (Å²) in [6.07, 6.45) is 0. The lowest BCUT2D eigenvalue weighted by molar-refractivity contribution is 0.702. The van der Waals surface area contributed by atoms with Crippen LogP contribution in [0.1, 0.15) is 18.2 Å². The molecule has 2 aromatic carbocycles. The van der Waals surface area contributed by atoms with Gasteiger partial charge in [0, 0.05) is 17.8 Å². The highest BCUT2D eigenvalue weighted by Crippen LogP contribution is 2.31. The van der Waals surface area contributed by atoms with Gasteiger partial charge in [-0.05, 0) is 37.5 Å². The number of hydrogen-bond acceptors (Lipinski definition) is 1. The van der Waals surface area contributed by atoms with Crippen molar-refractivity contribution in [1.29, 1.82) is 0 Å². The first kappa shape index (κ1) is 15.3. The summed E-state index contributed by atoms with van der Waals surface area (Å²) in [5.74, 6) is 0. The molecule has 0 atom stereocenters. The van der Waals surface area contributed by atoms with Gasteiger partial charge in [0.05, 0.1) is 5.56 Å². The van der Waals surface area contributed by atoms with E-state index in [-0.39, 0.29) is 5.56 Å². The van der Waals surface area contributed by atoms with Crippen LogP contribution in [0.4, 0.5) is 0 Å². The average Bonchev–Trinajstić information content (AvgIpc) is 2.57. The molecule has 0 radical (unpaired) electrons. The van der Waals surface area contributed by atoms with Crippen LogP contribution in [0.25, 0.3) is 22.3 Å². The van der Waals surface area contributed by atoms with Crippen molar-refractivity contribution >= 4 is 0 Å². The molecule has 0 amide bonds. The van der Waals surface area contributed by atoms with Crippen molar-refractivity contribution in [3.8, 4) is 22.3 Å². The van der Waals surface area contributed by atoms with Crippen molar-refractivity contribution in [2.45, 2.75) is 27.3 Å². The molecule has 0 aliphatic carbocycles. The first-order valence-corrected chi connectivity index (χ1v) is 8.00. The maximum Gasteiger partial charge on any atom is 0.258 e. The summed E-state index contributed by atoms with van der Waals surface area (Å²) in [6.45, 7) is 6.78. The average molecular weight is 303 g/mol. The Morgan fingerprint density at radius 1 is 0.783 bits per heavy atom. The number of rotatable bonds is 3. The maximum atomic E-state index is 13.0. The Morgan fingerprint density at radius 3 is 1.74 bits per heavy atom. The zero-order valence-electron chi connectivity index (χ0n) is 13.8.